The molecule has 2 N–H and O–H groups in total. The van der Waals surface area contributed by atoms with Crippen LogP contribution >= 0.6 is 0 Å². The van der Waals surface area contributed by atoms with Crippen LogP contribution in [0.4, 0.5) is 5.95 Å². The average Bonchev–Trinajstić information content (AvgIpc) is 3.10. The van der Waals surface area contributed by atoms with Gasteiger partial charge in [0, 0.05) is 61.1 Å². The van der Waals surface area contributed by atoms with E-state index in [4.69, 9.17) is 4.74 Å². The van der Waals surface area contributed by atoms with E-state index in [9.17, 15) is 4.79 Å². The summed E-state index contributed by atoms with van der Waals surface area (Å²) in [5.41, 5.74) is 3.10. The SMILES string of the molecule is CCOC(=O)c1cnc(N2CCC(C[NH2+]Cc3cn(C)c4ccccc34)CC2)nc1. The minimum Gasteiger partial charge on any atom is -0.462 e. The summed E-state index contributed by atoms with van der Waals surface area (Å²) in [5.74, 6) is 1.03. The van der Waals surface area contributed by atoms with Crippen LogP contribution in [0.1, 0.15) is 35.7 Å². The van der Waals surface area contributed by atoms with Gasteiger partial charge in [0.2, 0.25) is 5.95 Å². The second-order valence-electron chi connectivity index (χ2n) is 7.93. The molecule has 0 bridgehead atoms. The van der Waals surface area contributed by atoms with Gasteiger partial charge in [0.15, 0.2) is 0 Å². The van der Waals surface area contributed by atoms with Crippen LogP contribution in [-0.4, -0.2) is 46.7 Å². The third-order valence-electron chi connectivity index (χ3n) is 5.89. The molecule has 7 nitrogen and oxygen atoms in total. The lowest BCUT2D eigenvalue weighted by atomic mass is 9.97. The molecule has 3 aromatic rings. The van der Waals surface area contributed by atoms with Crippen molar-refractivity contribution in [1.29, 1.82) is 0 Å². The first-order valence-corrected chi connectivity index (χ1v) is 10.7. The molecule has 0 atom stereocenters. The Bertz CT molecular complexity index is 991. The Hall–Kier alpha value is -2.93. The number of nitrogens with zero attached hydrogens (tertiary/aromatic N) is 4. The Morgan fingerprint density at radius 1 is 1.20 bits per heavy atom. The summed E-state index contributed by atoms with van der Waals surface area (Å²) < 4.78 is 7.20. The Morgan fingerprint density at radius 3 is 2.67 bits per heavy atom. The van der Waals surface area contributed by atoms with Crippen molar-refractivity contribution < 1.29 is 14.8 Å². The van der Waals surface area contributed by atoms with Gasteiger partial charge in [-0.05, 0) is 25.8 Å². The maximum atomic E-state index is 11.7. The van der Waals surface area contributed by atoms with E-state index in [0.717, 1.165) is 39.0 Å². The highest BCUT2D eigenvalue weighted by Gasteiger charge is 2.22. The van der Waals surface area contributed by atoms with E-state index in [-0.39, 0.29) is 5.97 Å². The quantitative estimate of drug-likeness (QED) is 0.606. The second-order valence-corrected chi connectivity index (χ2v) is 7.93. The molecule has 0 aliphatic carbocycles. The van der Waals surface area contributed by atoms with Gasteiger partial charge in [-0.3, -0.25) is 0 Å². The molecule has 0 amide bonds. The van der Waals surface area contributed by atoms with Gasteiger partial charge in [-0.1, -0.05) is 18.2 Å². The summed E-state index contributed by atoms with van der Waals surface area (Å²) in [7, 11) is 2.11. The number of aryl methyl sites for hydroxylation is 1. The molecule has 1 aromatic carbocycles. The number of hydrogen-bond acceptors (Lipinski definition) is 5. The smallest absolute Gasteiger partial charge is 0.341 e. The van der Waals surface area contributed by atoms with Gasteiger partial charge < -0.3 is 19.5 Å². The number of quaternary nitrogens is 1. The van der Waals surface area contributed by atoms with E-state index in [2.05, 4.69) is 62.3 Å². The summed E-state index contributed by atoms with van der Waals surface area (Å²) in [6.45, 7) is 6.19. The minimum atomic E-state index is -0.371. The summed E-state index contributed by atoms with van der Waals surface area (Å²) >= 11 is 0. The van der Waals surface area contributed by atoms with Crippen molar-refractivity contribution in [3.05, 3.63) is 54.0 Å². The molecule has 4 rings (SSSR count). The third-order valence-corrected chi connectivity index (χ3v) is 5.89. The van der Waals surface area contributed by atoms with Crippen molar-refractivity contribution in [3.8, 4) is 0 Å². The van der Waals surface area contributed by atoms with Crippen molar-refractivity contribution in [3.63, 3.8) is 0 Å². The first kappa shape index (κ1) is 20.3. The Morgan fingerprint density at radius 2 is 1.93 bits per heavy atom. The van der Waals surface area contributed by atoms with Gasteiger partial charge in [0.1, 0.15) is 6.54 Å². The number of benzene rings is 1. The number of hydrogen-bond donors (Lipinski definition) is 1. The fourth-order valence-corrected chi connectivity index (χ4v) is 4.24. The molecular formula is C23H30N5O2+. The molecule has 2 aromatic heterocycles. The zero-order valence-corrected chi connectivity index (χ0v) is 17.8. The number of carbonyl (C=O) groups is 1. The van der Waals surface area contributed by atoms with Crippen molar-refractivity contribution in [2.75, 3.05) is 31.1 Å². The van der Waals surface area contributed by atoms with Gasteiger partial charge in [0.25, 0.3) is 0 Å². The highest BCUT2D eigenvalue weighted by molar-refractivity contribution is 5.88. The van der Waals surface area contributed by atoms with Crippen molar-refractivity contribution in [2.24, 2.45) is 13.0 Å². The predicted molar refractivity (Wildman–Crippen MR) is 116 cm³/mol. The van der Waals surface area contributed by atoms with Gasteiger partial charge in [0.05, 0.1) is 18.7 Å². The van der Waals surface area contributed by atoms with Crippen LogP contribution in [0.15, 0.2) is 42.9 Å². The zero-order valence-electron chi connectivity index (χ0n) is 17.8. The summed E-state index contributed by atoms with van der Waals surface area (Å²) in [5, 5.41) is 3.79. The molecule has 1 saturated heterocycles. The van der Waals surface area contributed by atoms with Crippen LogP contribution in [-0.2, 0) is 18.3 Å². The van der Waals surface area contributed by atoms with Crippen molar-refractivity contribution >= 4 is 22.8 Å². The van der Waals surface area contributed by atoms with Crippen LogP contribution in [0.3, 0.4) is 0 Å². The van der Waals surface area contributed by atoms with Crippen LogP contribution in [0, 0.1) is 5.92 Å². The number of aromatic nitrogens is 3. The van der Waals surface area contributed by atoms with E-state index in [1.807, 2.05) is 0 Å². The lowest BCUT2D eigenvalue weighted by Gasteiger charge is -2.31. The number of rotatable bonds is 7. The first-order valence-electron chi connectivity index (χ1n) is 10.7. The molecule has 0 spiro atoms. The number of anilines is 1. The molecule has 7 heteroatoms. The fourth-order valence-electron chi connectivity index (χ4n) is 4.24. The predicted octanol–water partition coefficient (Wildman–Crippen LogP) is 2.12. The van der Waals surface area contributed by atoms with Gasteiger partial charge in [-0.25, -0.2) is 14.8 Å². The lowest BCUT2D eigenvalue weighted by Crippen LogP contribution is -2.84. The van der Waals surface area contributed by atoms with Crippen LogP contribution in [0.5, 0.6) is 0 Å². The Balaban J connectivity index is 1.25. The minimum absolute atomic E-state index is 0.353. The molecular weight excluding hydrogens is 378 g/mol. The molecule has 158 valence electrons. The summed E-state index contributed by atoms with van der Waals surface area (Å²) in [6.07, 6.45) is 7.64. The summed E-state index contributed by atoms with van der Waals surface area (Å²) in [6, 6.07) is 8.60. The van der Waals surface area contributed by atoms with E-state index in [1.54, 1.807) is 19.3 Å². The fraction of sp³-hybridized carbons (Fsp3) is 0.435. The van der Waals surface area contributed by atoms with Gasteiger partial charge in [-0.15, -0.1) is 0 Å². The lowest BCUT2D eigenvalue weighted by molar-refractivity contribution is -0.676. The first-order chi connectivity index (χ1) is 14.7. The topological polar surface area (TPSA) is 76.9 Å². The number of fused-ring (bicyclic) bond motifs is 1. The maximum absolute atomic E-state index is 11.7. The van der Waals surface area contributed by atoms with Gasteiger partial charge in [-0.2, -0.15) is 0 Å². The highest BCUT2D eigenvalue weighted by Crippen LogP contribution is 2.21. The van der Waals surface area contributed by atoms with Crippen molar-refractivity contribution in [2.45, 2.75) is 26.3 Å². The van der Waals surface area contributed by atoms with Crippen LogP contribution in [0.25, 0.3) is 10.9 Å². The van der Waals surface area contributed by atoms with Gasteiger partial charge >= 0.3 is 5.97 Å². The Labute approximate surface area is 177 Å². The normalized spacial score (nSPS) is 14.9. The number of nitrogens with two attached hydrogens (primary N) is 1. The molecule has 0 saturated carbocycles. The number of carbonyl (C=O) groups excluding carboxylic acids is 1. The molecule has 0 radical (unpaired) electrons. The highest BCUT2D eigenvalue weighted by atomic mass is 16.5. The zero-order chi connectivity index (χ0) is 20.9. The second kappa shape index (κ2) is 9.26. The van der Waals surface area contributed by atoms with E-state index in [1.165, 1.54) is 16.5 Å². The molecule has 3 heterocycles. The molecule has 30 heavy (non-hydrogen) atoms. The Kier molecular flexibility index (Phi) is 6.28. The molecule has 1 aliphatic rings. The van der Waals surface area contributed by atoms with E-state index >= 15 is 0 Å². The van der Waals surface area contributed by atoms with Crippen LogP contribution in [0.2, 0.25) is 0 Å². The summed E-state index contributed by atoms with van der Waals surface area (Å²) in [4.78, 5) is 22.7. The standard InChI is InChI=1S/C23H29N5O2/c1-3-30-22(29)18-14-25-23(26-15-18)28-10-8-17(9-11-28)12-24-13-19-16-27(2)21-7-5-4-6-20(19)21/h4-7,14-17,24H,3,8-13H2,1-2H3/p+1. The largest absolute Gasteiger partial charge is 0.462 e. The molecule has 1 fully saturated rings. The van der Waals surface area contributed by atoms with Crippen LogP contribution < -0.4 is 10.2 Å². The number of para-hydroxylation sites is 1. The van der Waals surface area contributed by atoms with E-state index in [0.29, 0.717) is 24.0 Å². The van der Waals surface area contributed by atoms with Crippen molar-refractivity contribution in [1.82, 2.24) is 14.5 Å². The third kappa shape index (κ3) is 4.46. The monoisotopic (exact) mass is 408 g/mol. The van der Waals surface area contributed by atoms with E-state index < -0.39 is 0 Å². The number of esters is 1. The average molecular weight is 409 g/mol. The molecule has 0 unspecified atom stereocenters. The number of ether oxygens (including phenoxy) is 1. The molecule has 1 aliphatic heterocycles. The number of piperidine rings is 1. The maximum Gasteiger partial charge on any atom is 0.341 e.